The highest BCUT2D eigenvalue weighted by atomic mass is 19.2. The van der Waals surface area contributed by atoms with Crippen LogP contribution in [0.4, 0.5) is 13.2 Å². The molecule has 2 aromatic carbocycles. The lowest BCUT2D eigenvalue weighted by atomic mass is 9.77. The van der Waals surface area contributed by atoms with E-state index < -0.39 is 17.5 Å². The first kappa shape index (κ1) is 20.8. The van der Waals surface area contributed by atoms with Crippen LogP contribution in [0.2, 0.25) is 0 Å². The zero-order chi connectivity index (χ0) is 20.1. The first-order valence-electron chi connectivity index (χ1n) is 10.5. The molecule has 0 radical (unpaired) electrons. The van der Waals surface area contributed by atoms with E-state index in [-0.39, 0.29) is 23.5 Å². The summed E-state index contributed by atoms with van der Waals surface area (Å²) in [6.07, 6.45) is 8.31. The molecule has 0 amide bonds. The van der Waals surface area contributed by atoms with Crippen molar-refractivity contribution in [1.82, 2.24) is 0 Å². The van der Waals surface area contributed by atoms with Crippen LogP contribution in [0.1, 0.15) is 70.3 Å². The third-order valence-electron chi connectivity index (χ3n) is 5.91. The molecule has 0 unspecified atom stereocenters. The zero-order valence-electron chi connectivity index (χ0n) is 16.7. The molecule has 1 fully saturated rings. The number of unbranched alkanes of at least 4 members (excludes halogenated alkanes) is 1. The normalized spacial score (nSPS) is 19.6. The van der Waals surface area contributed by atoms with Crippen LogP contribution in [-0.2, 0) is 0 Å². The third-order valence-corrected chi connectivity index (χ3v) is 5.91. The van der Waals surface area contributed by atoms with E-state index in [0.29, 0.717) is 5.92 Å². The molecule has 0 aromatic heterocycles. The molecule has 0 atom stereocenters. The van der Waals surface area contributed by atoms with E-state index in [9.17, 15) is 13.2 Å². The minimum absolute atomic E-state index is 0.0757. The molecule has 152 valence electrons. The van der Waals surface area contributed by atoms with Crippen molar-refractivity contribution >= 4 is 0 Å². The van der Waals surface area contributed by atoms with Gasteiger partial charge in [-0.15, -0.1) is 0 Å². The molecular formula is C24H29F3O. The Kier molecular flexibility index (Phi) is 7.03. The van der Waals surface area contributed by atoms with Crippen LogP contribution in [-0.4, -0.2) is 6.61 Å². The number of benzene rings is 2. The summed E-state index contributed by atoms with van der Waals surface area (Å²) in [5.74, 6) is -1.67. The summed E-state index contributed by atoms with van der Waals surface area (Å²) in [6.45, 7) is 4.15. The Hall–Kier alpha value is -1.97. The highest BCUT2D eigenvalue weighted by Gasteiger charge is 2.24. The van der Waals surface area contributed by atoms with Gasteiger partial charge in [0, 0.05) is 11.1 Å². The first-order chi connectivity index (χ1) is 13.5. The number of halogens is 3. The van der Waals surface area contributed by atoms with Crippen LogP contribution in [0.15, 0.2) is 30.3 Å². The number of ether oxygens (including phenoxy) is 1. The molecule has 0 aliphatic heterocycles. The molecule has 1 saturated carbocycles. The second kappa shape index (κ2) is 9.49. The molecule has 0 bridgehead atoms. The van der Waals surface area contributed by atoms with Gasteiger partial charge in [-0.25, -0.2) is 8.78 Å². The Balaban J connectivity index is 1.76. The maximum Gasteiger partial charge on any atom is 0.201 e. The summed E-state index contributed by atoms with van der Waals surface area (Å²) < 4.78 is 48.4. The molecule has 1 nitrogen and oxygen atoms in total. The predicted molar refractivity (Wildman–Crippen MR) is 107 cm³/mol. The Labute approximate surface area is 165 Å². The summed E-state index contributed by atoms with van der Waals surface area (Å²) in [6, 6.07) is 7.66. The van der Waals surface area contributed by atoms with Gasteiger partial charge in [-0.3, -0.25) is 0 Å². The van der Waals surface area contributed by atoms with Gasteiger partial charge >= 0.3 is 0 Å². The molecule has 0 heterocycles. The van der Waals surface area contributed by atoms with E-state index in [1.54, 1.807) is 13.0 Å². The van der Waals surface area contributed by atoms with Crippen LogP contribution in [0, 0.1) is 23.4 Å². The topological polar surface area (TPSA) is 9.23 Å². The van der Waals surface area contributed by atoms with Crippen molar-refractivity contribution < 1.29 is 17.9 Å². The summed E-state index contributed by atoms with van der Waals surface area (Å²) in [7, 11) is 0. The van der Waals surface area contributed by atoms with Gasteiger partial charge in [-0.2, -0.15) is 4.39 Å². The molecule has 0 N–H and O–H groups in total. The van der Waals surface area contributed by atoms with Gasteiger partial charge < -0.3 is 4.74 Å². The van der Waals surface area contributed by atoms with Crippen molar-refractivity contribution in [1.29, 1.82) is 0 Å². The van der Waals surface area contributed by atoms with Gasteiger partial charge in [-0.1, -0.05) is 38.3 Å². The Morgan fingerprint density at radius 1 is 0.893 bits per heavy atom. The SMILES string of the molecule is CCCCC1CCC(c2ccc(-c3ccc(OCC)c(F)c3F)c(F)c2)CC1. The fraction of sp³-hybridized carbons (Fsp3) is 0.500. The zero-order valence-corrected chi connectivity index (χ0v) is 16.7. The Morgan fingerprint density at radius 2 is 1.61 bits per heavy atom. The monoisotopic (exact) mass is 390 g/mol. The van der Waals surface area contributed by atoms with Crippen LogP contribution < -0.4 is 4.74 Å². The van der Waals surface area contributed by atoms with Gasteiger partial charge in [-0.05, 0) is 68.2 Å². The lowest BCUT2D eigenvalue weighted by Gasteiger charge is -2.29. The molecule has 4 heteroatoms. The van der Waals surface area contributed by atoms with Crippen LogP contribution in [0.3, 0.4) is 0 Å². The molecule has 2 aromatic rings. The first-order valence-corrected chi connectivity index (χ1v) is 10.5. The van der Waals surface area contributed by atoms with E-state index in [1.807, 2.05) is 6.07 Å². The fourth-order valence-corrected chi connectivity index (χ4v) is 4.29. The molecule has 28 heavy (non-hydrogen) atoms. The summed E-state index contributed by atoms with van der Waals surface area (Å²) in [5, 5.41) is 0. The highest BCUT2D eigenvalue weighted by Crippen LogP contribution is 2.39. The second-order valence-electron chi connectivity index (χ2n) is 7.77. The minimum atomic E-state index is -1.08. The van der Waals surface area contributed by atoms with Crippen molar-refractivity contribution in [3.05, 3.63) is 53.3 Å². The van der Waals surface area contributed by atoms with Crippen molar-refractivity contribution in [2.75, 3.05) is 6.61 Å². The Bertz CT molecular complexity index is 795. The van der Waals surface area contributed by atoms with Crippen LogP contribution in [0.5, 0.6) is 5.75 Å². The summed E-state index contributed by atoms with van der Waals surface area (Å²) in [4.78, 5) is 0. The quantitative estimate of drug-likeness (QED) is 0.472. The highest BCUT2D eigenvalue weighted by molar-refractivity contribution is 5.66. The van der Waals surface area contributed by atoms with Crippen molar-refractivity contribution in [2.45, 2.75) is 64.7 Å². The maximum atomic E-state index is 14.8. The second-order valence-corrected chi connectivity index (χ2v) is 7.77. The lowest BCUT2D eigenvalue weighted by molar-refractivity contribution is 0.304. The van der Waals surface area contributed by atoms with Gasteiger partial charge in [0.1, 0.15) is 5.82 Å². The van der Waals surface area contributed by atoms with Gasteiger partial charge in [0.2, 0.25) is 5.82 Å². The number of hydrogen-bond donors (Lipinski definition) is 0. The molecule has 1 aliphatic carbocycles. The van der Waals surface area contributed by atoms with Crippen LogP contribution >= 0.6 is 0 Å². The lowest BCUT2D eigenvalue weighted by Crippen LogP contribution is -2.13. The molecule has 1 aliphatic rings. The maximum absolute atomic E-state index is 14.8. The Morgan fingerprint density at radius 3 is 2.25 bits per heavy atom. The standard InChI is InChI=1S/C24H29F3O/c1-3-5-6-16-7-9-17(10-8-16)18-11-12-19(21(25)15-18)20-13-14-22(28-4-2)24(27)23(20)26/h11-17H,3-10H2,1-2H3. The van der Waals surface area contributed by atoms with E-state index in [2.05, 4.69) is 6.92 Å². The van der Waals surface area contributed by atoms with Gasteiger partial charge in [0.05, 0.1) is 6.61 Å². The van der Waals surface area contributed by atoms with E-state index in [1.165, 1.54) is 50.3 Å². The molecule has 3 rings (SSSR count). The average molecular weight is 390 g/mol. The van der Waals surface area contributed by atoms with E-state index in [4.69, 9.17) is 4.74 Å². The third kappa shape index (κ3) is 4.53. The number of hydrogen-bond acceptors (Lipinski definition) is 1. The van der Waals surface area contributed by atoms with E-state index >= 15 is 0 Å². The van der Waals surface area contributed by atoms with Gasteiger partial charge in [0.25, 0.3) is 0 Å². The summed E-state index contributed by atoms with van der Waals surface area (Å²) >= 11 is 0. The van der Waals surface area contributed by atoms with Crippen molar-refractivity contribution in [3.8, 4) is 16.9 Å². The molecule has 0 saturated heterocycles. The molecular weight excluding hydrogens is 361 g/mol. The fourth-order valence-electron chi connectivity index (χ4n) is 4.29. The minimum Gasteiger partial charge on any atom is -0.491 e. The molecule has 0 spiro atoms. The average Bonchev–Trinajstić information content (AvgIpc) is 2.71. The smallest absolute Gasteiger partial charge is 0.201 e. The summed E-state index contributed by atoms with van der Waals surface area (Å²) in [5.41, 5.74) is 0.968. The largest absolute Gasteiger partial charge is 0.491 e. The predicted octanol–water partition coefficient (Wildman–Crippen LogP) is 7.63. The number of rotatable bonds is 7. The van der Waals surface area contributed by atoms with Crippen molar-refractivity contribution in [2.24, 2.45) is 5.92 Å². The van der Waals surface area contributed by atoms with Gasteiger partial charge in [0.15, 0.2) is 11.6 Å². The van der Waals surface area contributed by atoms with Crippen LogP contribution in [0.25, 0.3) is 11.1 Å². The van der Waals surface area contributed by atoms with E-state index in [0.717, 1.165) is 24.3 Å². The van der Waals surface area contributed by atoms with Crippen molar-refractivity contribution in [3.63, 3.8) is 0 Å².